The van der Waals surface area contributed by atoms with Crippen molar-refractivity contribution in [1.82, 2.24) is 0 Å². The van der Waals surface area contributed by atoms with Gasteiger partial charge in [-0.15, -0.1) is 0 Å². The number of aliphatic hydroxyl groups is 1. The molecule has 2 aliphatic rings. The van der Waals surface area contributed by atoms with Crippen LogP contribution in [0.25, 0.3) is 0 Å². The van der Waals surface area contributed by atoms with Gasteiger partial charge in [-0.25, -0.2) is 0 Å². The summed E-state index contributed by atoms with van der Waals surface area (Å²) in [6, 6.07) is 0. The Morgan fingerprint density at radius 1 is 1.56 bits per heavy atom. The van der Waals surface area contributed by atoms with Crippen LogP contribution in [0.4, 0.5) is 0 Å². The molecule has 18 heavy (non-hydrogen) atoms. The minimum Gasteiger partial charge on any atom is -0.392 e. The molecule has 2 rings (SSSR count). The van der Waals surface area contributed by atoms with Gasteiger partial charge in [-0.3, -0.25) is 4.79 Å². The van der Waals surface area contributed by atoms with E-state index in [0.29, 0.717) is 23.8 Å². The van der Waals surface area contributed by atoms with Crippen molar-refractivity contribution in [2.75, 3.05) is 6.61 Å². The molecule has 2 nitrogen and oxygen atoms in total. The minimum absolute atomic E-state index is 0.120. The molecule has 3 atom stereocenters. The van der Waals surface area contributed by atoms with E-state index in [9.17, 15) is 9.90 Å². The highest BCUT2D eigenvalue weighted by Crippen LogP contribution is 2.58. The summed E-state index contributed by atoms with van der Waals surface area (Å²) >= 11 is 0. The van der Waals surface area contributed by atoms with Gasteiger partial charge >= 0.3 is 0 Å². The van der Waals surface area contributed by atoms with Crippen LogP contribution in [0.15, 0.2) is 23.8 Å². The summed E-state index contributed by atoms with van der Waals surface area (Å²) in [5.74, 6) is 1.09. The Morgan fingerprint density at radius 3 is 2.89 bits per heavy atom. The van der Waals surface area contributed by atoms with Crippen LogP contribution in [0.1, 0.15) is 46.0 Å². The maximum Gasteiger partial charge on any atom is 0.161 e. The first kappa shape index (κ1) is 13.5. The third-order valence-electron chi connectivity index (χ3n) is 5.19. The fourth-order valence-corrected chi connectivity index (χ4v) is 3.56. The molecule has 100 valence electrons. The molecule has 2 heteroatoms. The first-order valence-electron chi connectivity index (χ1n) is 7.02. The molecule has 0 bridgehead atoms. The lowest BCUT2D eigenvalue weighted by atomic mass is 9.50. The summed E-state index contributed by atoms with van der Waals surface area (Å²) in [4.78, 5) is 12.2. The molecular weight excluding hydrogens is 224 g/mol. The average Bonchev–Trinajstić information content (AvgIpc) is 2.40. The Kier molecular flexibility index (Phi) is 3.76. The number of ketones is 1. The quantitative estimate of drug-likeness (QED) is 0.762. The first-order chi connectivity index (χ1) is 8.51. The minimum atomic E-state index is -0.120. The molecule has 0 aromatic carbocycles. The van der Waals surface area contributed by atoms with Crippen LogP contribution in [0.5, 0.6) is 0 Å². The van der Waals surface area contributed by atoms with Crippen molar-refractivity contribution in [3.05, 3.63) is 23.8 Å². The van der Waals surface area contributed by atoms with Crippen LogP contribution < -0.4 is 0 Å². The molecule has 0 aromatic heterocycles. The molecule has 0 radical (unpaired) electrons. The van der Waals surface area contributed by atoms with Crippen molar-refractivity contribution in [2.45, 2.75) is 46.0 Å². The van der Waals surface area contributed by atoms with E-state index < -0.39 is 0 Å². The van der Waals surface area contributed by atoms with Gasteiger partial charge in [0.25, 0.3) is 0 Å². The SMILES string of the molecule is C=C1CC/C=C(/CO)C(=O)CC2[C@@H]1C[C@]2(C)CC. The second-order valence-corrected chi connectivity index (χ2v) is 6.14. The van der Waals surface area contributed by atoms with Gasteiger partial charge in [0.15, 0.2) is 5.78 Å². The lowest BCUT2D eigenvalue weighted by molar-refractivity contribution is -0.121. The van der Waals surface area contributed by atoms with Crippen molar-refractivity contribution in [1.29, 1.82) is 0 Å². The van der Waals surface area contributed by atoms with Crippen molar-refractivity contribution >= 4 is 5.78 Å². The third kappa shape index (κ3) is 2.18. The van der Waals surface area contributed by atoms with E-state index in [2.05, 4.69) is 20.4 Å². The normalized spacial score (nSPS) is 39.8. The number of aliphatic hydroxyl groups excluding tert-OH is 1. The maximum atomic E-state index is 12.2. The van der Waals surface area contributed by atoms with Crippen LogP contribution in [-0.4, -0.2) is 17.5 Å². The molecule has 0 saturated heterocycles. The number of Topliss-reactive ketones (excluding diaryl/α,β-unsaturated/α-hetero) is 1. The number of fused-ring (bicyclic) bond motifs is 1. The van der Waals surface area contributed by atoms with Gasteiger partial charge in [0.1, 0.15) is 0 Å². The van der Waals surface area contributed by atoms with Gasteiger partial charge in [-0.1, -0.05) is 38.5 Å². The second-order valence-electron chi connectivity index (χ2n) is 6.14. The molecule has 0 amide bonds. The first-order valence-corrected chi connectivity index (χ1v) is 7.02. The molecule has 1 fully saturated rings. The van der Waals surface area contributed by atoms with E-state index in [1.807, 2.05) is 6.08 Å². The lowest BCUT2D eigenvalue weighted by Crippen LogP contribution is -2.47. The largest absolute Gasteiger partial charge is 0.392 e. The highest BCUT2D eigenvalue weighted by Gasteiger charge is 2.50. The average molecular weight is 248 g/mol. The number of carbonyl (C=O) groups is 1. The van der Waals surface area contributed by atoms with Gasteiger partial charge in [-0.05, 0) is 36.5 Å². The fraction of sp³-hybridized carbons (Fsp3) is 0.688. The van der Waals surface area contributed by atoms with E-state index in [0.717, 1.165) is 19.3 Å². The molecule has 1 saturated carbocycles. The summed E-state index contributed by atoms with van der Waals surface area (Å²) in [6.45, 7) is 8.59. The fourth-order valence-electron chi connectivity index (χ4n) is 3.56. The van der Waals surface area contributed by atoms with Crippen LogP contribution in [-0.2, 0) is 4.79 Å². The number of rotatable bonds is 2. The van der Waals surface area contributed by atoms with Crippen molar-refractivity contribution in [2.24, 2.45) is 17.3 Å². The van der Waals surface area contributed by atoms with Gasteiger partial charge in [0.05, 0.1) is 6.61 Å². The Balaban J connectivity index is 2.23. The van der Waals surface area contributed by atoms with Gasteiger partial charge < -0.3 is 5.11 Å². The zero-order chi connectivity index (χ0) is 13.3. The predicted molar refractivity (Wildman–Crippen MR) is 73.2 cm³/mol. The van der Waals surface area contributed by atoms with Crippen LogP contribution in [0.2, 0.25) is 0 Å². The summed E-state index contributed by atoms with van der Waals surface area (Å²) in [5.41, 5.74) is 2.19. The van der Waals surface area contributed by atoms with Crippen LogP contribution in [0, 0.1) is 17.3 Å². The highest BCUT2D eigenvalue weighted by atomic mass is 16.3. The maximum absolute atomic E-state index is 12.2. The van der Waals surface area contributed by atoms with Crippen molar-refractivity contribution < 1.29 is 9.90 Å². The molecule has 0 spiro atoms. The lowest BCUT2D eigenvalue weighted by Gasteiger charge is -2.54. The standard InChI is InChI=1S/C16H24O2/c1-4-16(3)9-13-11(2)6-5-7-12(10-17)15(18)8-14(13)16/h7,13-14,17H,2,4-6,8-10H2,1,3H3/b12-7-/t13-,14?,16+/m1/s1. The van der Waals surface area contributed by atoms with Crippen LogP contribution >= 0.6 is 0 Å². The molecule has 2 aliphatic carbocycles. The van der Waals surface area contributed by atoms with Crippen molar-refractivity contribution in [3.63, 3.8) is 0 Å². The molecule has 1 unspecified atom stereocenters. The van der Waals surface area contributed by atoms with Gasteiger partial charge in [-0.2, -0.15) is 0 Å². The summed E-state index contributed by atoms with van der Waals surface area (Å²) in [7, 11) is 0. The van der Waals surface area contributed by atoms with E-state index in [-0.39, 0.29) is 17.8 Å². The molecule has 0 aliphatic heterocycles. The number of hydrogen-bond acceptors (Lipinski definition) is 2. The second kappa shape index (κ2) is 5.00. The van der Waals surface area contributed by atoms with Crippen molar-refractivity contribution in [3.8, 4) is 0 Å². The van der Waals surface area contributed by atoms with Gasteiger partial charge in [0.2, 0.25) is 0 Å². The Morgan fingerprint density at radius 2 is 2.28 bits per heavy atom. The monoisotopic (exact) mass is 248 g/mol. The smallest absolute Gasteiger partial charge is 0.161 e. The summed E-state index contributed by atoms with van der Waals surface area (Å²) in [6.07, 6.45) is 6.58. The summed E-state index contributed by atoms with van der Waals surface area (Å²) < 4.78 is 0. The third-order valence-corrected chi connectivity index (χ3v) is 5.19. The molecule has 1 N–H and O–H groups in total. The molecular formula is C16H24O2. The van der Waals surface area contributed by atoms with Gasteiger partial charge in [0, 0.05) is 12.0 Å². The number of hydrogen-bond donors (Lipinski definition) is 1. The van der Waals surface area contributed by atoms with E-state index in [1.165, 1.54) is 12.0 Å². The van der Waals surface area contributed by atoms with E-state index in [4.69, 9.17) is 0 Å². The highest BCUT2D eigenvalue weighted by molar-refractivity contribution is 5.95. The Hall–Kier alpha value is -0.890. The Bertz CT molecular complexity index is 394. The predicted octanol–water partition coefficient (Wildman–Crippen LogP) is 3.27. The summed E-state index contributed by atoms with van der Waals surface area (Å²) in [5, 5.41) is 9.28. The van der Waals surface area contributed by atoms with Crippen LogP contribution in [0.3, 0.4) is 0 Å². The zero-order valence-corrected chi connectivity index (χ0v) is 11.5. The number of allylic oxidation sites excluding steroid dienone is 2. The number of carbonyl (C=O) groups excluding carboxylic acids is 1. The van der Waals surface area contributed by atoms with E-state index in [1.54, 1.807) is 0 Å². The van der Waals surface area contributed by atoms with E-state index >= 15 is 0 Å². The topological polar surface area (TPSA) is 37.3 Å². The Labute approximate surface area is 110 Å². The molecule has 0 aromatic rings. The molecule has 0 heterocycles. The zero-order valence-electron chi connectivity index (χ0n) is 11.5.